The van der Waals surface area contributed by atoms with Crippen molar-refractivity contribution in [2.75, 3.05) is 16.8 Å². The number of benzene rings is 1. The van der Waals surface area contributed by atoms with Crippen LogP contribution in [0.25, 0.3) is 11.4 Å². The number of hydrogen-bond acceptors (Lipinski definition) is 4. The van der Waals surface area contributed by atoms with Gasteiger partial charge in [-0.3, -0.25) is 0 Å². The minimum absolute atomic E-state index is 0.360. The summed E-state index contributed by atoms with van der Waals surface area (Å²) in [7, 11) is 0. The Morgan fingerprint density at radius 1 is 1.24 bits per heavy atom. The molecule has 5 heteroatoms. The van der Waals surface area contributed by atoms with Gasteiger partial charge in [0.15, 0.2) is 5.82 Å². The number of hydrogen-bond donors (Lipinski definition) is 1. The van der Waals surface area contributed by atoms with Crippen LogP contribution in [0.4, 0.5) is 5.82 Å². The summed E-state index contributed by atoms with van der Waals surface area (Å²) in [6.45, 7) is 4.34. The number of rotatable bonds is 7. The standard InChI is InChI=1S/C16H20ClN3S/c1-3-21-10-9-12(2)18-15-11-14(17)19-16(20-15)13-7-5-4-6-8-13/h4-8,11-12H,3,9-10H2,1-2H3,(H,18,19,20). The molecule has 0 saturated carbocycles. The Morgan fingerprint density at radius 2 is 2.00 bits per heavy atom. The fourth-order valence-electron chi connectivity index (χ4n) is 1.94. The van der Waals surface area contributed by atoms with Crippen molar-refractivity contribution in [1.82, 2.24) is 9.97 Å². The van der Waals surface area contributed by atoms with Crippen LogP contribution in [0.15, 0.2) is 36.4 Å². The van der Waals surface area contributed by atoms with Crippen molar-refractivity contribution in [3.63, 3.8) is 0 Å². The van der Waals surface area contributed by atoms with Crippen LogP contribution in [0.3, 0.4) is 0 Å². The second kappa shape index (κ2) is 8.25. The van der Waals surface area contributed by atoms with Gasteiger partial charge in [-0.1, -0.05) is 48.9 Å². The van der Waals surface area contributed by atoms with Crippen molar-refractivity contribution in [2.45, 2.75) is 26.3 Å². The predicted octanol–water partition coefficient (Wildman–Crippen LogP) is 4.74. The zero-order chi connectivity index (χ0) is 15.1. The van der Waals surface area contributed by atoms with E-state index < -0.39 is 0 Å². The quantitative estimate of drug-likeness (QED) is 0.590. The molecule has 0 aliphatic rings. The van der Waals surface area contributed by atoms with E-state index in [9.17, 15) is 0 Å². The van der Waals surface area contributed by atoms with Crippen LogP contribution >= 0.6 is 23.4 Å². The summed E-state index contributed by atoms with van der Waals surface area (Å²) in [5, 5.41) is 3.86. The maximum absolute atomic E-state index is 6.11. The van der Waals surface area contributed by atoms with Gasteiger partial charge in [-0.15, -0.1) is 0 Å². The van der Waals surface area contributed by atoms with E-state index in [-0.39, 0.29) is 0 Å². The van der Waals surface area contributed by atoms with Crippen molar-refractivity contribution >= 4 is 29.2 Å². The molecular weight excluding hydrogens is 302 g/mol. The van der Waals surface area contributed by atoms with E-state index in [1.807, 2.05) is 42.1 Å². The lowest BCUT2D eigenvalue weighted by atomic mass is 10.2. The predicted molar refractivity (Wildman–Crippen MR) is 93.2 cm³/mol. The van der Waals surface area contributed by atoms with Gasteiger partial charge in [0.05, 0.1) is 0 Å². The Kier molecular flexibility index (Phi) is 6.33. The van der Waals surface area contributed by atoms with Gasteiger partial charge in [-0.05, 0) is 24.9 Å². The number of halogens is 1. The van der Waals surface area contributed by atoms with Gasteiger partial charge in [0.2, 0.25) is 0 Å². The molecule has 0 radical (unpaired) electrons. The second-order valence-electron chi connectivity index (χ2n) is 4.80. The molecule has 2 aromatic rings. The largest absolute Gasteiger partial charge is 0.367 e. The molecule has 1 unspecified atom stereocenters. The highest BCUT2D eigenvalue weighted by atomic mass is 35.5. The van der Waals surface area contributed by atoms with Crippen LogP contribution in [0.2, 0.25) is 5.15 Å². The summed E-state index contributed by atoms with van der Waals surface area (Å²) in [5.74, 6) is 3.74. The van der Waals surface area contributed by atoms with Crippen LogP contribution in [-0.2, 0) is 0 Å². The third-order valence-corrected chi connectivity index (χ3v) is 4.15. The Balaban J connectivity index is 2.09. The summed E-state index contributed by atoms with van der Waals surface area (Å²) in [6.07, 6.45) is 1.10. The monoisotopic (exact) mass is 321 g/mol. The number of nitrogens with zero attached hydrogens (tertiary/aromatic N) is 2. The molecular formula is C16H20ClN3S. The Labute approximate surface area is 135 Å². The van der Waals surface area contributed by atoms with Gasteiger partial charge in [-0.25, -0.2) is 9.97 Å². The molecule has 0 aliphatic heterocycles. The molecule has 1 heterocycles. The van der Waals surface area contributed by atoms with E-state index in [0.717, 1.165) is 29.3 Å². The number of thioether (sulfide) groups is 1. The molecule has 2 rings (SSSR count). The molecule has 0 spiro atoms. The highest BCUT2D eigenvalue weighted by Gasteiger charge is 2.08. The number of anilines is 1. The van der Waals surface area contributed by atoms with Gasteiger partial charge >= 0.3 is 0 Å². The average molecular weight is 322 g/mol. The third kappa shape index (κ3) is 5.21. The lowest BCUT2D eigenvalue weighted by Gasteiger charge is -2.15. The first-order chi connectivity index (χ1) is 10.2. The van der Waals surface area contributed by atoms with Gasteiger partial charge in [0, 0.05) is 17.7 Å². The molecule has 112 valence electrons. The van der Waals surface area contributed by atoms with Crippen LogP contribution in [-0.4, -0.2) is 27.5 Å². The lowest BCUT2D eigenvalue weighted by Crippen LogP contribution is -2.17. The summed E-state index contributed by atoms with van der Waals surface area (Å²) in [5.41, 5.74) is 0.970. The summed E-state index contributed by atoms with van der Waals surface area (Å²) >= 11 is 8.07. The highest BCUT2D eigenvalue weighted by Crippen LogP contribution is 2.20. The first-order valence-electron chi connectivity index (χ1n) is 7.13. The molecule has 3 nitrogen and oxygen atoms in total. The zero-order valence-corrected chi connectivity index (χ0v) is 13.9. The number of nitrogens with one attached hydrogen (secondary N) is 1. The molecule has 1 aromatic carbocycles. The van der Waals surface area contributed by atoms with E-state index in [1.54, 1.807) is 6.07 Å². The zero-order valence-electron chi connectivity index (χ0n) is 12.3. The van der Waals surface area contributed by atoms with Crippen LogP contribution in [0.5, 0.6) is 0 Å². The maximum Gasteiger partial charge on any atom is 0.163 e. The molecule has 1 aromatic heterocycles. The van der Waals surface area contributed by atoms with Crippen LogP contribution in [0, 0.1) is 0 Å². The van der Waals surface area contributed by atoms with E-state index >= 15 is 0 Å². The average Bonchev–Trinajstić information content (AvgIpc) is 2.48. The van der Waals surface area contributed by atoms with Gasteiger partial charge in [0.1, 0.15) is 11.0 Å². The smallest absolute Gasteiger partial charge is 0.163 e. The maximum atomic E-state index is 6.11. The minimum Gasteiger partial charge on any atom is -0.367 e. The van der Waals surface area contributed by atoms with Crippen molar-refractivity contribution < 1.29 is 0 Å². The van der Waals surface area contributed by atoms with E-state index in [2.05, 4.69) is 29.1 Å². The first-order valence-corrected chi connectivity index (χ1v) is 8.66. The second-order valence-corrected chi connectivity index (χ2v) is 6.58. The summed E-state index contributed by atoms with van der Waals surface area (Å²) in [4.78, 5) is 8.86. The normalized spacial score (nSPS) is 12.1. The van der Waals surface area contributed by atoms with Crippen molar-refractivity contribution in [3.8, 4) is 11.4 Å². The molecule has 0 amide bonds. The van der Waals surface area contributed by atoms with Crippen LogP contribution in [0.1, 0.15) is 20.3 Å². The highest BCUT2D eigenvalue weighted by molar-refractivity contribution is 7.99. The summed E-state index contributed by atoms with van der Waals surface area (Å²) in [6, 6.07) is 12.0. The molecule has 1 N–H and O–H groups in total. The van der Waals surface area contributed by atoms with Crippen LogP contribution < -0.4 is 5.32 Å². The van der Waals surface area contributed by atoms with E-state index in [1.165, 1.54) is 0 Å². The van der Waals surface area contributed by atoms with E-state index in [0.29, 0.717) is 17.0 Å². The first kappa shape index (κ1) is 16.1. The Morgan fingerprint density at radius 3 is 2.71 bits per heavy atom. The van der Waals surface area contributed by atoms with Gasteiger partial charge in [-0.2, -0.15) is 11.8 Å². The Hall–Kier alpha value is -1.26. The lowest BCUT2D eigenvalue weighted by molar-refractivity contribution is 0.766. The molecule has 1 atom stereocenters. The third-order valence-electron chi connectivity index (χ3n) is 3.02. The van der Waals surface area contributed by atoms with Crippen molar-refractivity contribution in [1.29, 1.82) is 0 Å². The van der Waals surface area contributed by atoms with Gasteiger partial charge < -0.3 is 5.32 Å². The fourth-order valence-corrected chi connectivity index (χ4v) is 2.93. The van der Waals surface area contributed by atoms with Crippen molar-refractivity contribution in [2.24, 2.45) is 0 Å². The molecule has 21 heavy (non-hydrogen) atoms. The Bertz CT molecular complexity index is 563. The topological polar surface area (TPSA) is 37.8 Å². The minimum atomic E-state index is 0.360. The van der Waals surface area contributed by atoms with Crippen molar-refractivity contribution in [3.05, 3.63) is 41.6 Å². The fraction of sp³-hybridized carbons (Fsp3) is 0.375. The SMILES string of the molecule is CCSCCC(C)Nc1cc(Cl)nc(-c2ccccc2)n1. The van der Waals surface area contributed by atoms with Gasteiger partial charge in [0.25, 0.3) is 0 Å². The number of aromatic nitrogens is 2. The molecule has 0 aliphatic carbocycles. The summed E-state index contributed by atoms with van der Waals surface area (Å²) < 4.78 is 0. The molecule has 0 fully saturated rings. The molecule has 0 saturated heterocycles. The molecule has 0 bridgehead atoms. The van der Waals surface area contributed by atoms with E-state index in [4.69, 9.17) is 11.6 Å².